The molecule has 3 nitrogen and oxygen atoms in total. The third-order valence-corrected chi connectivity index (χ3v) is 5.93. The van der Waals surface area contributed by atoms with Crippen molar-refractivity contribution in [1.82, 2.24) is 4.40 Å². The number of pyridine rings is 1. The average molecular weight is 399 g/mol. The van der Waals surface area contributed by atoms with Gasteiger partial charge in [-0.15, -0.1) is 0 Å². The van der Waals surface area contributed by atoms with E-state index in [0.717, 1.165) is 33.3 Å². The van der Waals surface area contributed by atoms with Gasteiger partial charge in [-0.1, -0.05) is 84.9 Å². The Morgan fingerprint density at radius 1 is 0.677 bits per heavy atom. The molecule has 0 unspecified atom stereocenters. The van der Waals surface area contributed by atoms with E-state index in [1.165, 1.54) is 0 Å². The summed E-state index contributed by atoms with van der Waals surface area (Å²) in [5, 5.41) is 0.631. The molecule has 0 fully saturated rings. The first-order chi connectivity index (χ1) is 15.2. The Morgan fingerprint density at radius 3 is 2.10 bits per heavy atom. The number of hydrogen-bond donors (Lipinski definition) is 0. The van der Waals surface area contributed by atoms with Crippen LogP contribution < -0.4 is 10.8 Å². The first-order valence-electron chi connectivity index (χ1n) is 10.2. The molecule has 0 aliphatic heterocycles. The molecule has 0 radical (unpaired) electrons. The molecule has 0 saturated heterocycles. The van der Waals surface area contributed by atoms with E-state index in [1.807, 2.05) is 91.0 Å². The van der Waals surface area contributed by atoms with Crippen LogP contribution in [-0.4, -0.2) is 10.2 Å². The van der Waals surface area contributed by atoms with Crippen LogP contribution >= 0.6 is 0 Å². The van der Waals surface area contributed by atoms with E-state index < -0.39 is 0 Å². The molecule has 1 aliphatic rings. The Morgan fingerprint density at radius 2 is 1.32 bits per heavy atom. The predicted octanol–water partition coefficient (Wildman–Crippen LogP) is 4.73. The van der Waals surface area contributed by atoms with Crippen LogP contribution in [-0.2, 0) is 0 Å². The first kappa shape index (κ1) is 17.6. The minimum absolute atomic E-state index is 0.160. The van der Waals surface area contributed by atoms with E-state index in [9.17, 15) is 9.59 Å². The SMILES string of the molecule is O=C(c1ccccc1)c1c(-c2ccccc2)cc2cc3c(c(=O)n12)=Cc1ccccc1-3. The Kier molecular flexibility index (Phi) is 3.77. The van der Waals surface area contributed by atoms with Crippen LogP contribution in [0.3, 0.4) is 0 Å². The molecule has 31 heavy (non-hydrogen) atoms. The molecule has 3 heteroatoms. The van der Waals surface area contributed by atoms with E-state index in [1.54, 1.807) is 16.5 Å². The van der Waals surface area contributed by atoms with Gasteiger partial charge in [-0.05, 0) is 40.5 Å². The van der Waals surface area contributed by atoms with Gasteiger partial charge in [0.2, 0.25) is 5.78 Å². The average Bonchev–Trinajstić information content (AvgIpc) is 3.39. The molecule has 146 valence electrons. The van der Waals surface area contributed by atoms with Crippen molar-refractivity contribution in [3.63, 3.8) is 0 Å². The topological polar surface area (TPSA) is 38.5 Å². The molecular formula is C28H17NO2. The maximum Gasteiger partial charge on any atom is 0.263 e. The predicted molar refractivity (Wildman–Crippen MR) is 123 cm³/mol. The molecule has 0 atom stereocenters. The smallest absolute Gasteiger partial charge is 0.263 e. The molecule has 5 aromatic rings. The van der Waals surface area contributed by atoms with E-state index in [4.69, 9.17) is 0 Å². The summed E-state index contributed by atoms with van der Waals surface area (Å²) < 4.78 is 1.58. The van der Waals surface area contributed by atoms with Crippen molar-refractivity contribution in [3.8, 4) is 22.3 Å². The van der Waals surface area contributed by atoms with Crippen molar-refractivity contribution in [2.45, 2.75) is 0 Å². The fourth-order valence-electron chi connectivity index (χ4n) is 4.49. The van der Waals surface area contributed by atoms with E-state index in [2.05, 4.69) is 0 Å². The van der Waals surface area contributed by atoms with Crippen LogP contribution in [0.2, 0.25) is 0 Å². The van der Waals surface area contributed by atoms with Gasteiger partial charge in [0.1, 0.15) is 5.69 Å². The lowest BCUT2D eigenvalue weighted by atomic mass is 10.0. The number of carbonyl (C=O) groups excluding carboxylic acids is 1. The van der Waals surface area contributed by atoms with Crippen LogP contribution in [0.4, 0.5) is 0 Å². The number of aromatic nitrogens is 1. The van der Waals surface area contributed by atoms with Gasteiger partial charge in [-0.25, -0.2) is 0 Å². The monoisotopic (exact) mass is 399 g/mol. The molecule has 0 saturated carbocycles. The normalized spacial score (nSPS) is 11.7. The van der Waals surface area contributed by atoms with Crippen molar-refractivity contribution < 1.29 is 4.79 Å². The standard InChI is InChI=1S/C28H17NO2/c30-27(19-11-5-2-6-12-19)26-23(18-9-3-1-4-10-18)16-21-17-24-22-14-8-7-13-20(22)15-25(24)28(31)29(21)26/h1-17H. The van der Waals surface area contributed by atoms with E-state index in [-0.39, 0.29) is 11.3 Å². The summed E-state index contributed by atoms with van der Waals surface area (Å²) in [6.45, 7) is 0. The van der Waals surface area contributed by atoms with Crippen LogP contribution in [0.1, 0.15) is 21.6 Å². The number of carbonyl (C=O) groups is 1. The number of fused-ring (bicyclic) bond motifs is 4. The Balaban J connectivity index is 1.72. The third kappa shape index (κ3) is 2.60. The molecule has 2 aromatic heterocycles. The quantitative estimate of drug-likeness (QED) is 0.404. The molecule has 3 aromatic carbocycles. The second-order valence-electron chi connectivity index (χ2n) is 7.74. The maximum atomic E-state index is 13.7. The molecule has 0 amide bonds. The summed E-state index contributed by atoms with van der Waals surface area (Å²) in [7, 11) is 0. The summed E-state index contributed by atoms with van der Waals surface area (Å²) in [6.07, 6.45) is 1.92. The maximum absolute atomic E-state index is 13.7. The summed E-state index contributed by atoms with van der Waals surface area (Å²) in [5.41, 5.74) is 6.22. The van der Waals surface area contributed by atoms with Crippen LogP contribution in [0.5, 0.6) is 0 Å². The molecule has 6 rings (SSSR count). The summed E-state index contributed by atoms with van der Waals surface area (Å²) in [6, 6.07) is 30.9. The zero-order valence-electron chi connectivity index (χ0n) is 16.6. The van der Waals surface area contributed by atoms with Gasteiger partial charge in [0, 0.05) is 16.3 Å². The second kappa shape index (κ2) is 6.64. The highest BCUT2D eigenvalue weighted by atomic mass is 16.1. The molecule has 1 aliphatic carbocycles. The second-order valence-corrected chi connectivity index (χ2v) is 7.74. The molecule has 0 spiro atoms. The summed E-state index contributed by atoms with van der Waals surface area (Å²) >= 11 is 0. The lowest BCUT2D eigenvalue weighted by Gasteiger charge is -2.07. The zero-order valence-corrected chi connectivity index (χ0v) is 16.6. The number of hydrogen-bond acceptors (Lipinski definition) is 2. The van der Waals surface area contributed by atoms with Gasteiger partial charge in [-0.3, -0.25) is 14.0 Å². The fourth-order valence-corrected chi connectivity index (χ4v) is 4.49. The van der Waals surface area contributed by atoms with E-state index >= 15 is 0 Å². The highest BCUT2D eigenvalue weighted by Crippen LogP contribution is 2.32. The number of benzene rings is 3. The lowest BCUT2D eigenvalue weighted by Crippen LogP contribution is -2.32. The highest BCUT2D eigenvalue weighted by molar-refractivity contribution is 6.13. The largest absolute Gasteiger partial charge is 0.287 e. The highest BCUT2D eigenvalue weighted by Gasteiger charge is 2.24. The Hall–Kier alpha value is -4.24. The van der Waals surface area contributed by atoms with Crippen molar-refractivity contribution in [3.05, 3.63) is 129 Å². The van der Waals surface area contributed by atoms with Gasteiger partial charge in [0.15, 0.2) is 0 Å². The Labute approximate surface area is 178 Å². The van der Waals surface area contributed by atoms with Crippen LogP contribution in [0.25, 0.3) is 33.8 Å². The molecule has 0 N–H and O–H groups in total. The van der Waals surface area contributed by atoms with Crippen LogP contribution in [0, 0.1) is 0 Å². The minimum Gasteiger partial charge on any atom is -0.287 e. The van der Waals surface area contributed by atoms with Crippen molar-refractivity contribution in [2.24, 2.45) is 0 Å². The summed E-state index contributed by atoms with van der Waals surface area (Å²) in [5.74, 6) is -0.160. The zero-order chi connectivity index (χ0) is 20.9. The number of nitrogens with zero attached hydrogens (tertiary/aromatic N) is 1. The van der Waals surface area contributed by atoms with E-state index in [0.29, 0.717) is 16.5 Å². The van der Waals surface area contributed by atoms with Crippen molar-refractivity contribution >= 4 is 17.4 Å². The number of rotatable bonds is 3. The molecule has 0 bridgehead atoms. The van der Waals surface area contributed by atoms with Gasteiger partial charge in [0.05, 0.1) is 5.52 Å². The minimum atomic E-state index is -0.162. The van der Waals surface area contributed by atoms with Crippen molar-refractivity contribution in [2.75, 3.05) is 0 Å². The van der Waals surface area contributed by atoms with Crippen LogP contribution in [0.15, 0.2) is 102 Å². The molecular weight excluding hydrogens is 382 g/mol. The number of ketones is 1. The van der Waals surface area contributed by atoms with Crippen molar-refractivity contribution in [1.29, 1.82) is 0 Å². The fraction of sp³-hybridized carbons (Fsp3) is 0. The Bertz CT molecular complexity index is 1600. The lowest BCUT2D eigenvalue weighted by molar-refractivity contribution is 0.103. The summed E-state index contributed by atoms with van der Waals surface area (Å²) in [4.78, 5) is 27.3. The van der Waals surface area contributed by atoms with Gasteiger partial charge >= 0.3 is 0 Å². The molecule has 2 heterocycles. The van der Waals surface area contributed by atoms with Gasteiger partial charge in [0.25, 0.3) is 5.56 Å². The first-order valence-corrected chi connectivity index (χ1v) is 10.2. The van der Waals surface area contributed by atoms with Gasteiger partial charge < -0.3 is 0 Å². The third-order valence-electron chi connectivity index (χ3n) is 5.93. The van der Waals surface area contributed by atoms with Gasteiger partial charge in [-0.2, -0.15) is 0 Å².